The Balaban J connectivity index is 2.47. The first-order valence-electron chi connectivity index (χ1n) is 4.13. The zero-order chi connectivity index (χ0) is 9.68. The minimum absolute atomic E-state index is 0.147. The molecule has 0 heterocycles. The van der Waals surface area contributed by atoms with E-state index in [0.717, 1.165) is 5.75 Å². The van der Waals surface area contributed by atoms with E-state index >= 15 is 0 Å². The van der Waals surface area contributed by atoms with Gasteiger partial charge in [0.1, 0.15) is 0 Å². The van der Waals surface area contributed by atoms with E-state index in [-0.39, 0.29) is 6.04 Å². The molecule has 0 aliphatic heterocycles. The van der Waals surface area contributed by atoms with E-state index in [9.17, 15) is 0 Å². The number of benzene rings is 1. The topological polar surface area (TPSA) is 26.0 Å². The van der Waals surface area contributed by atoms with Crippen LogP contribution in [-0.2, 0) is 0 Å². The van der Waals surface area contributed by atoms with Crippen LogP contribution in [-0.4, -0.2) is 11.8 Å². The van der Waals surface area contributed by atoms with Crippen LogP contribution >= 0.6 is 11.8 Å². The van der Waals surface area contributed by atoms with Crippen molar-refractivity contribution >= 4 is 11.8 Å². The summed E-state index contributed by atoms with van der Waals surface area (Å²) in [6.07, 6.45) is 5.17. The summed E-state index contributed by atoms with van der Waals surface area (Å²) in [5.41, 5.74) is 6.86. The van der Waals surface area contributed by atoms with E-state index < -0.39 is 0 Å². The smallest absolute Gasteiger partial charge is 0.0757 e. The molecular formula is C11H13NS. The fourth-order valence-electron chi connectivity index (χ4n) is 0.869. The van der Waals surface area contributed by atoms with Crippen molar-refractivity contribution in [3.8, 4) is 12.3 Å². The van der Waals surface area contributed by atoms with Crippen molar-refractivity contribution in [2.24, 2.45) is 5.73 Å². The summed E-state index contributed by atoms with van der Waals surface area (Å²) in [4.78, 5) is 1.22. The summed E-state index contributed by atoms with van der Waals surface area (Å²) in [6, 6.07) is 8.20. The van der Waals surface area contributed by atoms with Crippen LogP contribution in [0.5, 0.6) is 0 Å². The molecule has 0 radical (unpaired) electrons. The van der Waals surface area contributed by atoms with Gasteiger partial charge in [0.15, 0.2) is 0 Å². The summed E-state index contributed by atoms with van der Waals surface area (Å²) < 4.78 is 0. The van der Waals surface area contributed by atoms with E-state index in [4.69, 9.17) is 12.2 Å². The molecule has 2 heteroatoms. The van der Waals surface area contributed by atoms with Gasteiger partial charge in [0, 0.05) is 10.6 Å². The second-order valence-corrected chi connectivity index (χ2v) is 3.99. The molecule has 0 amide bonds. The molecule has 1 unspecified atom stereocenters. The van der Waals surface area contributed by atoms with Gasteiger partial charge < -0.3 is 5.73 Å². The third-order valence-electron chi connectivity index (χ3n) is 1.66. The third-order valence-corrected chi connectivity index (χ3v) is 2.80. The Morgan fingerprint density at radius 1 is 1.46 bits per heavy atom. The molecule has 0 aromatic heterocycles. The maximum Gasteiger partial charge on any atom is 0.0757 e. The van der Waals surface area contributed by atoms with Crippen molar-refractivity contribution in [1.29, 1.82) is 0 Å². The second-order valence-electron chi connectivity index (χ2n) is 2.90. The summed E-state index contributed by atoms with van der Waals surface area (Å²) >= 11 is 1.69. The molecule has 13 heavy (non-hydrogen) atoms. The maximum absolute atomic E-state index is 5.59. The van der Waals surface area contributed by atoms with Crippen LogP contribution in [0.4, 0.5) is 0 Å². The lowest BCUT2D eigenvalue weighted by atomic mass is 10.2. The third kappa shape index (κ3) is 3.54. The first kappa shape index (κ1) is 10.2. The van der Waals surface area contributed by atoms with Gasteiger partial charge in [-0.15, -0.1) is 18.2 Å². The van der Waals surface area contributed by atoms with E-state index in [1.165, 1.54) is 10.5 Å². The van der Waals surface area contributed by atoms with Crippen molar-refractivity contribution in [2.45, 2.75) is 17.9 Å². The predicted molar refractivity (Wildman–Crippen MR) is 58.7 cm³/mol. The van der Waals surface area contributed by atoms with Crippen molar-refractivity contribution in [3.05, 3.63) is 29.8 Å². The molecule has 1 rings (SSSR count). The highest BCUT2D eigenvalue weighted by molar-refractivity contribution is 7.99. The molecule has 1 atom stereocenters. The van der Waals surface area contributed by atoms with Gasteiger partial charge in [-0.3, -0.25) is 0 Å². The highest BCUT2D eigenvalue weighted by Crippen LogP contribution is 2.18. The van der Waals surface area contributed by atoms with Gasteiger partial charge in [-0.05, 0) is 19.1 Å². The van der Waals surface area contributed by atoms with Gasteiger partial charge in [-0.25, -0.2) is 0 Å². The number of hydrogen-bond donors (Lipinski definition) is 1. The van der Waals surface area contributed by atoms with Gasteiger partial charge in [0.25, 0.3) is 0 Å². The van der Waals surface area contributed by atoms with E-state index in [0.29, 0.717) is 0 Å². The van der Waals surface area contributed by atoms with E-state index in [1.807, 2.05) is 0 Å². The van der Waals surface area contributed by atoms with E-state index in [2.05, 4.69) is 37.1 Å². The molecule has 0 bridgehead atoms. The largest absolute Gasteiger partial charge is 0.317 e. The van der Waals surface area contributed by atoms with Crippen molar-refractivity contribution in [1.82, 2.24) is 0 Å². The Morgan fingerprint density at radius 2 is 2.08 bits per heavy atom. The second kappa shape index (κ2) is 4.96. The Bertz CT molecular complexity index is 297. The molecule has 1 nitrogen and oxygen atoms in total. The number of terminal acetylenes is 1. The standard InChI is InChI=1S/C11H13NS/c1-3-10(12)8-13-11-6-4-9(2)5-7-11/h1,4-7,10H,8,12H2,2H3. The molecule has 1 aromatic carbocycles. The van der Waals surface area contributed by atoms with Crippen LogP contribution in [0.2, 0.25) is 0 Å². The molecule has 1 aromatic rings. The number of aryl methyl sites for hydroxylation is 1. The van der Waals surface area contributed by atoms with Crippen LogP contribution in [0, 0.1) is 19.3 Å². The SMILES string of the molecule is C#CC(N)CSc1ccc(C)cc1. The first-order valence-corrected chi connectivity index (χ1v) is 5.12. The molecule has 0 fully saturated rings. The maximum atomic E-state index is 5.59. The lowest BCUT2D eigenvalue weighted by molar-refractivity contribution is 0.974. The average molecular weight is 191 g/mol. The Kier molecular flexibility index (Phi) is 3.88. The first-order chi connectivity index (χ1) is 6.22. The number of nitrogens with two attached hydrogens (primary N) is 1. The number of thioether (sulfide) groups is 1. The number of hydrogen-bond acceptors (Lipinski definition) is 2. The summed E-state index contributed by atoms with van der Waals surface area (Å²) in [6.45, 7) is 2.07. The van der Waals surface area contributed by atoms with Crippen LogP contribution < -0.4 is 5.73 Å². The quantitative estimate of drug-likeness (QED) is 0.584. The van der Waals surface area contributed by atoms with Crippen molar-refractivity contribution in [3.63, 3.8) is 0 Å². The predicted octanol–water partition coefficient (Wildman–Crippen LogP) is 2.05. The molecular weight excluding hydrogens is 178 g/mol. The minimum atomic E-state index is -0.147. The molecule has 0 saturated heterocycles. The van der Waals surface area contributed by atoms with Gasteiger partial charge in [-0.1, -0.05) is 23.6 Å². The minimum Gasteiger partial charge on any atom is -0.317 e. The average Bonchev–Trinajstić information content (AvgIpc) is 2.16. The van der Waals surface area contributed by atoms with Gasteiger partial charge in [-0.2, -0.15) is 0 Å². The van der Waals surface area contributed by atoms with Gasteiger partial charge in [0.2, 0.25) is 0 Å². The Labute approximate surface area is 83.7 Å². The number of rotatable bonds is 3. The zero-order valence-electron chi connectivity index (χ0n) is 7.66. The van der Waals surface area contributed by atoms with Gasteiger partial charge in [0.05, 0.1) is 6.04 Å². The monoisotopic (exact) mass is 191 g/mol. The van der Waals surface area contributed by atoms with Gasteiger partial charge >= 0.3 is 0 Å². The highest BCUT2D eigenvalue weighted by Gasteiger charge is 1.98. The molecule has 0 aliphatic carbocycles. The fourth-order valence-corrected chi connectivity index (χ4v) is 1.67. The highest BCUT2D eigenvalue weighted by atomic mass is 32.2. The van der Waals surface area contributed by atoms with Crippen LogP contribution in [0.25, 0.3) is 0 Å². The van der Waals surface area contributed by atoms with Crippen LogP contribution in [0.3, 0.4) is 0 Å². The van der Waals surface area contributed by atoms with Crippen LogP contribution in [0.1, 0.15) is 5.56 Å². The molecule has 2 N–H and O–H groups in total. The summed E-state index contributed by atoms with van der Waals surface area (Å²) in [5, 5.41) is 0. The normalized spacial score (nSPS) is 12.1. The molecule has 0 saturated carbocycles. The fraction of sp³-hybridized carbons (Fsp3) is 0.273. The van der Waals surface area contributed by atoms with Crippen molar-refractivity contribution < 1.29 is 0 Å². The summed E-state index contributed by atoms with van der Waals surface area (Å²) in [7, 11) is 0. The summed E-state index contributed by atoms with van der Waals surface area (Å²) in [5.74, 6) is 3.28. The van der Waals surface area contributed by atoms with E-state index in [1.54, 1.807) is 11.8 Å². The lowest BCUT2D eigenvalue weighted by Crippen LogP contribution is -2.19. The molecule has 68 valence electrons. The van der Waals surface area contributed by atoms with Crippen LogP contribution in [0.15, 0.2) is 29.2 Å². The zero-order valence-corrected chi connectivity index (χ0v) is 8.47. The molecule has 0 aliphatic rings. The molecule has 0 spiro atoms. The Hall–Kier alpha value is -0.910. The Morgan fingerprint density at radius 3 is 2.62 bits per heavy atom. The van der Waals surface area contributed by atoms with Crippen molar-refractivity contribution in [2.75, 3.05) is 5.75 Å². The lowest BCUT2D eigenvalue weighted by Gasteiger charge is -2.03.